The third kappa shape index (κ3) is 3.09. The molecule has 0 spiro atoms. The van der Waals surface area contributed by atoms with E-state index in [1.165, 1.54) is 0 Å². The lowest BCUT2D eigenvalue weighted by molar-refractivity contribution is 1.03. The Bertz CT molecular complexity index is 428. The molecule has 1 aromatic heterocycles. The second kappa shape index (κ2) is 5.92. The van der Waals surface area contributed by atoms with Crippen LogP contribution in [0.3, 0.4) is 0 Å². The molecule has 1 heterocycles. The molecule has 16 heavy (non-hydrogen) atoms. The Hall–Kier alpha value is -1.82. The molecule has 0 saturated heterocycles. The van der Waals surface area contributed by atoms with E-state index in [-0.39, 0.29) is 0 Å². The van der Waals surface area contributed by atoms with Crippen LogP contribution in [0, 0.1) is 25.2 Å². The number of nitrogens with one attached hydrogen (secondary N) is 1. The van der Waals surface area contributed by atoms with Gasteiger partial charge in [0.15, 0.2) is 0 Å². The van der Waals surface area contributed by atoms with Crippen LogP contribution in [0.15, 0.2) is 18.2 Å². The molecule has 0 aromatic carbocycles. The van der Waals surface area contributed by atoms with Crippen LogP contribution in [-0.4, -0.2) is 11.5 Å². The lowest BCUT2D eigenvalue weighted by Crippen LogP contribution is -2.06. The van der Waals surface area contributed by atoms with Crippen LogP contribution in [0.4, 0.5) is 5.82 Å². The monoisotopic (exact) mass is 215 g/mol. The summed E-state index contributed by atoms with van der Waals surface area (Å²) < 4.78 is 0. The van der Waals surface area contributed by atoms with Crippen molar-refractivity contribution in [3.05, 3.63) is 35.0 Å². The van der Waals surface area contributed by atoms with Crippen LogP contribution < -0.4 is 5.32 Å². The molecule has 1 aromatic rings. The molecule has 3 heteroatoms. The third-order valence-electron chi connectivity index (χ3n) is 2.30. The Labute approximate surface area is 96.8 Å². The maximum atomic E-state index is 9.05. The Morgan fingerprint density at radius 3 is 2.88 bits per heavy atom. The summed E-state index contributed by atoms with van der Waals surface area (Å²) in [5.74, 6) is 0.699. The van der Waals surface area contributed by atoms with Crippen LogP contribution in [0.5, 0.6) is 0 Å². The number of aryl methyl sites for hydroxylation is 2. The summed E-state index contributed by atoms with van der Waals surface area (Å²) in [5, 5.41) is 12.2. The number of anilines is 1. The Morgan fingerprint density at radius 1 is 1.50 bits per heavy atom. The summed E-state index contributed by atoms with van der Waals surface area (Å²) in [6.07, 6.45) is 5.04. The zero-order valence-corrected chi connectivity index (χ0v) is 10.0. The number of nitrogens with zero attached hydrogens (tertiary/aromatic N) is 2. The molecule has 1 N–H and O–H groups in total. The van der Waals surface area contributed by atoms with Crippen molar-refractivity contribution in [2.45, 2.75) is 27.2 Å². The standard InChI is InChI=1S/C13H17N3/c1-4-5-6-7-15-13-12(9-14)10(2)8-11(3)16-13/h4-5,8H,6-7H2,1-3H3,(H,15,16)/b5-4+. The first-order valence-electron chi connectivity index (χ1n) is 5.42. The topological polar surface area (TPSA) is 48.7 Å². The van der Waals surface area contributed by atoms with Crippen LogP contribution in [0.1, 0.15) is 30.2 Å². The zero-order valence-electron chi connectivity index (χ0n) is 10.0. The summed E-state index contributed by atoms with van der Waals surface area (Å²) in [5.41, 5.74) is 2.56. The lowest BCUT2D eigenvalue weighted by atomic mass is 10.1. The number of allylic oxidation sites excluding steroid dienone is 1. The van der Waals surface area contributed by atoms with E-state index in [0.717, 1.165) is 24.2 Å². The van der Waals surface area contributed by atoms with Gasteiger partial charge in [-0.15, -0.1) is 0 Å². The average Bonchev–Trinajstić information content (AvgIpc) is 2.24. The van der Waals surface area contributed by atoms with Crippen molar-refractivity contribution in [1.29, 1.82) is 5.26 Å². The Morgan fingerprint density at radius 2 is 2.25 bits per heavy atom. The minimum Gasteiger partial charge on any atom is -0.369 e. The highest BCUT2D eigenvalue weighted by molar-refractivity contribution is 5.56. The van der Waals surface area contributed by atoms with Crippen LogP contribution in [0.25, 0.3) is 0 Å². The fraction of sp³-hybridized carbons (Fsp3) is 0.385. The largest absolute Gasteiger partial charge is 0.369 e. The van der Waals surface area contributed by atoms with Gasteiger partial charge in [0.2, 0.25) is 0 Å². The quantitative estimate of drug-likeness (QED) is 0.620. The maximum Gasteiger partial charge on any atom is 0.144 e. The highest BCUT2D eigenvalue weighted by Crippen LogP contribution is 2.17. The first kappa shape index (κ1) is 12.3. The summed E-state index contributed by atoms with van der Waals surface area (Å²) in [6, 6.07) is 4.12. The summed E-state index contributed by atoms with van der Waals surface area (Å²) in [7, 11) is 0. The van der Waals surface area contributed by atoms with Gasteiger partial charge in [-0.3, -0.25) is 0 Å². The van der Waals surface area contributed by atoms with Gasteiger partial charge >= 0.3 is 0 Å². The van der Waals surface area contributed by atoms with E-state index in [1.807, 2.05) is 32.9 Å². The number of aromatic nitrogens is 1. The van der Waals surface area contributed by atoms with E-state index in [4.69, 9.17) is 5.26 Å². The normalized spacial score (nSPS) is 10.4. The molecule has 0 amide bonds. The first-order chi connectivity index (χ1) is 7.69. The molecular formula is C13H17N3. The van der Waals surface area contributed by atoms with E-state index in [1.54, 1.807) is 0 Å². The number of nitriles is 1. The lowest BCUT2D eigenvalue weighted by Gasteiger charge is -2.09. The number of pyridine rings is 1. The molecule has 0 radical (unpaired) electrons. The Balaban J connectivity index is 2.82. The molecule has 3 nitrogen and oxygen atoms in total. The zero-order chi connectivity index (χ0) is 12.0. The molecule has 0 fully saturated rings. The van der Waals surface area contributed by atoms with Crippen molar-refractivity contribution in [1.82, 2.24) is 4.98 Å². The third-order valence-corrected chi connectivity index (χ3v) is 2.30. The molecule has 84 valence electrons. The van der Waals surface area contributed by atoms with Crippen LogP contribution in [0.2, 0.25) is 0 Å². The number of hydrogen-bond donors (Lipinski definition) is 1. The molecule has 0 atom stereocenters. The molecular weight excluding hydrogens is 198 g/mol. The van der Waals surface area contributed by atoms with Crippen molar-refractivity contribution >= 4 is 5.82 Å². The van der Waals surface area contributed by atoms with E-state index in [2.05, 4.69) is 22.4 Å². The van der Waals surface area contributed by atoms with Crippen LogP contribution >= 0.6 is 0 Å². The highest BCUT2D eigenvalue weighted by Gasteiger charge is 2.06. The first-order valence-corrected chi connectivity index (χ1v) is 5.42. The average molecular weight is 215 g/mol. The van der Waals surface area contributed by atoms with Gasteiger partial charge in [-0.1, -0.05) is 12.2 Å². The predicted molar refractivity (Wildman–Crippen MR) is 66.3 cm³/mol. The maximum absolute atomic E-state index is 9.05. The fourth-order valence-electron chi connectivity index (χ4n) is 1.55. The highest BCUT2D eigenvalue weighted by atomic mass is 15.0. The summed E-state index contributed by atoms with van der Waals surface area (Å²) >= 11 is 0. The van der Waals surface area contributed by atoms with Crippen molar-refractivity contribution in [2.75, 3.05) is 11.9 Å². The van der Waals surface area contributed by atoms with Gasteiger partial charge in [-0.05, 0) is 38.8 Å². The van der Waals surface area contributed by atoms with Crippen molar-refractivity contribution in [3.8, 4) is 6.07 Å². The number of rotatable bonds is 4. The van der Waals surface area contributed by atoms with Crippen molar-refractivity contribution in [3.63, 3.8) is 0 Å². The molecule has 0 saturated carbocycles. The molecule has 0 unspecified atom stereocenters. The van der Waals surface area contributed by atoms with E-state index in [0.29, 0.717) is 11.4 Å². The van der Waals surface area contributed by atoms with Gasteiger partial charge in [-0.25, -0.2) is 4.98 Å². The van der Waals surface area contributed by atoms with E-state index in [9.17, 15) is 0 Å². The molecule has 0 aliphatic carbocycles. The van der Waals surface area contributed by atoms with Gasteiger partial charge in [0.05, 0.1) is 5.56 Å². The smallest absolute Gasteiger partial charge is 0.144 e. The van der Waals surface area contributed by atoms with Gasteiger partial charge in [0.25, 0.3) is 0 Å². The van der Waals surface area contributed by atoms with E-state index >= 15 is 0 Å². The van der Waals surface area contributed by atoms with Gasteiger partial charge in [0, 0.05) is 12.2 Å². The van der Waals surface area contributed by atoms with E-state index < -0.39 is 0 Å². The molecule has 0 aliphatic heterocycles. The molecule has 1 rings (SSSR count). The van der Waals surface area contributed by atoms with Crippen molar-refractivity contribution in [2.24, 2.45) is 0 Å². The van der Waals surface area contributed by atoms with Gasteiger partial charge < -0.3 is 5.32 Å². The summed E-state index contributed by atoms with van der Waals surface area (Å²) in [6.45, 7) is 6.67. The second-order valence-corrected chi connectivity index (χ2v) is 3.70. The fourth-order valence-corrected chi connectivity index (χ4v) is 1.55. The molecule has 0 bridgehead atoms. The molecule has 0 aliphatic rings. The predicted octanol–water partition coefficient (Wildman–Crippen LogP) is 2.95. The van der Waals surface area contributed by atoms with Crippen molar-refractivity contribution < 1.29 is 0 Å². The minimum absolute atomic E-state index is 0.645. The SMILES string of the molecule is C/C=C/CCNc1nc(C)cc(C)c1C#N. The van der Waals surface area contributed by atoms with Gasteiger partial charge in [0.1, 0.15) is 11.9 Å². The summed E-state index contributed by atoms with van der Waals surface area (Å²) in [4.78, 5) is 4.34. The Kier molecular flexibility index (Phi) is 4.53. The van der Waals surface area contributed by atoms with Gasteiger partial charge in [-0.2, -0.15) is 5.26 Å². The minimum atomic E-state index is 0.645. The van der Waals surface area contributed by atoms with Crippen LogP contribution in [-0.2, 0) is 0 Å². The second-order valence-electron chi connectivity index (χ2n) is 3.70. The number of hydrogen-bond acceptors (Lipinski definition) is 3.